The van der Waals surface area contributed by atoms with Crippen LogP contribution in [0.5, 0.6) is 11.5 Å². The largest absolute Gasteiger partial charge is 0.471 e. The lowest BCUT2D eigenvalue weighted by Gasteiger charge is -2.34. The maximum absolute atomic E-state index is 13.8. The molecule has 3 aromatic carbocycles. The van der Waals surface area contributed by atoms with E-state index >= 15 is 0 Å². The van der Waals surface area contributed by atoms with E-state index in [0.717, 1.165) is 50.2 Å². The van der Waals surface area contributed by atoms with Crippen molar-refractivity contribution >= 4 is 33.2 Å². The lowest BCUT2D eigenvalue weighted by molar-refractivity contribution is -0.171. The van der Waals surface area contributed by atoms with Gasteiger partial charge in [-0.15, -0.1) is 0 Å². The molecule has 0 saturated carbocycles. The smallest absolute Gasteiger partial charge is 0.455 e. The summed E-state index contributed by atoms with van der Waals surface area (Å²) < 4.78 is 76.2. The number of ether oxygens (including phenoxy) is 1. The molecule has 1 heterocycles. The number of nitrogens with one attached hydrogen (secondary N) is 3. The molecule has 0 bridgehead atoms. The van der Waals surface area contributed by atoms with Crippen LogP contribution in [0.1, 0.15) is 26.7 Å². The van der Waals surface area contributed by atoms with Crippen molar-refractivity contribution in [2.75, 3.05) is 29.3 Å². The number of nitrogens with zero attached hydrogens (tertiary/aromatic N) is 1. The number of hydrogen-bond acceptors (Lipinski definition) is 6. The number of carbonyl (C=O) groups excluding carboxylic acids is 2. The van der Waals surface area contributed by atoms with Gasteiger partial charge in [0.25, 0.3) is 10.0 Å². The lowest BCUT2D eigenvalue weighted by atomic mass is 9.96. The minimum Gasteiger partial charge on any atom is -0.455 e. The van der Waals surface area contributed by atoms with Crippen LogP contribution in [0.4, 0.5) is 24.5 Å². The normalized spacial score (nSPS) is 15.0. The highest BCUT2D eigenvalue weighted by atomic mass is 32.2. The highest BCUT2D eigenvalue weighted by molar-refractivity contribution is 7.92. The molecule has 0 aliphatic carbocycles. The molecule has 1 atom stereocenters. The number of anilines is 2. The monoisotopic (exact) mass is 632 g/mol. The van der Waals surface area contributed by atoms with E-state index in [1.54, 1.807) is 62.4 Å². The lowest BCUT2D eigenvalue weighted by Crippen LogP contribution is -2.56. The third-order valence-electron chi connectivity index (χ3n) is 7.19. The number of carbonyl (C=O) groups is 2. The molecule has 9 nitrogen and oxygen atoms in total. The van der Waals surface area contributed by atoms with Gasteiger partial charge in [-0.1, -0.05) is 44.2 Å². The van der Waals surface area contributed by atoms with Crippen molar-refractivity contribution in [1.29, 1.82) is 0 Å². The summed E-state index contributed by atoms with van der Waals surface area (Å²) in [5, 5.41) is 5.94. The predicted molar refractivity (Wildman–Crippen MR) is 161 cm³/mol. The summed E-state index contributed by atoms with van der Waals surface area (Å²) in [4.78, 5) is 26.1. The van der Waals surface area contributed by atoms with Crippen LogP contribution in [0, 0.1) is 11.8 Å². The van der Waals surface area contributed by atoms with Gasteiger partial charge < -0.3 is 15.4 Å². The molecule has 0 unspecified atom stereocenters. The molecule has 4 rings (SSSR count). The van der Waals surface area contributed by atoms with Gasteiger partial charge >= 0.3 is 12.1 Å². The molecule has 44 heavy (non-hydrogen) atoms. The highest BCUT2D eigenvalue weighted by Gasteiger charge is 2.47. The van der Waals surface area contributed by atoms with Crippen molar-refractivity contribution in [3.05, 3.63) is 78.9 Å². The zero-order valence-corrected chi connectivity index (χ0v) is 25.1. The van der Waals surface area contributed by atoms with Crippen molar-refractivity contribution in [2.45, 2.75) is 43.8 Å². The van der Waals surface area contributed by atoms with Crippen LogP contribution >= 0.6 is 0 Å². The first-order valence-electron chi connectivity index (χ1n) is 14.2. The van der Waals surface area contributed by atoms with Gasteiger partial charge in [-0.05, 0) is 86.3 Å². The summed E-state index contributed by atoms with van der Waals surface area (Å²) in [6.07, 6.45) is -3.66. The quantitative estimate of drug-likeness (QED) is 0.264. The number of piperidine rings is 1. The van der Waals surface area contributed by atoms with E-state index in [0.29, 0.717) is 10.6 Å². The fraction of sp³-hybridized carbons (Fsp3) is 0.355. The van der Waals surface area contributed by atoms with Crippen LogP contribution < -0.4 is 25.0 Å². The maximum atomic E-state index is 13.8. The Hall–Kier alpha value is -4.10. The summed E-state index contributed by atoms with van der Waals surface area (Å²) >= 11 is 0. The molecule has 3 aromatic rings. The van der Waals surface area contributed by atoms with E-state index < -0.39 is 40.0 Å². The van der Waals surface area contributed by atoms with E-state index in [-0.39, 0.29) is 34.5 Å². The number of halogens is 3. The molecular weight excluding hydrogens is 597 g/mol. The summed E-state index contributed by atoms with van der Waals surface area (Å²) in [5.74, 6) is -2.76. The van der Waals surface area contributed by atoms with Crippen molar-refractivity contribution in [2.24, 2.45) is 11.8 Å². The van der Waals surface area contributed by atoms with Crippen LogP contribution in [-0.2, 0) is 19.6 Å². The molecule has 2 amide bonds. The van der Waals surface area contributed by atoms with E-state index in [1.165, 1.54) is 6.07 Å². The molecule has 3 N–H and O–H groups in total. The first-order valence-corrected chi connectivity index (χ1v) is 15.7. The Kier molecular flexibility index (Phi) is 10.5. The number of rotatable bonds is 11. The summed E-state index contributed by atoms with van der Waals surface area (Å²) in [6.45, 7) is 4.92. The SMILES string of the molecule is CC(C)[C@@H](C(=O)NCC1CCNCC1)N(C(=O)C(F)(F)F)c1ccc(S(=O)(=O)Nc2ccccc2Oc2ccccc2)cc1. The first kappa shape index (κ1) is 32.8. The molecule has 0 radical (unpaired) electrons. The Labute approximate surface area is 254 Å². The molecule has 236 valence electrons. The van der Waals surface area contributed by atoms with Gasteiger partial charge in [0.1, 0.15) is 11.8 Å². The minimum atomic E-state index is -5.28. The molecule has 1 fully saturated rings. The minimum absolute atomic E-state index is 0.139. The maximum Gasteiger partial charge on any atom is 0.471 e. The van der Waals surface area contributed by atoms with Crippen molar-refractivity contribution in [1.82, 2.24) is 10.6 Å². The Bertz CT molecular complexity index is 1530. The second-order valence-electron chi connectivity index (χ2n) is 10.8. The standard InChI is InChI=1S/C31H35F3N4O5S/c1-21(2)28(29(39)36-20-22-16-18-35-19-17-22)38(30(40)31(32,33)34)23-12-14-25(15-13-23)44(41,42)37-26-10-6-7-11-27(26)43-24-8-4-3-5-9-24/h3-15,21-22,28,35,37H,16-20H2,1-2H3,(H,36,39)/t28-/m0/s1. The topological polar surface area (TPSA) is 117 Å². The highest BCUT2D eigenvalue weighted by Crippen LogP contribution is 2.33. The van der Waals surface area contributed by atoms with Crippen LogP contribution in [0.3, 0.4) is 0 Å². The van der Waals surface area contributed by atoms with E-state index in [1.807, 2.05) is 0 Å². The number of sulfonamides is 1. The average molecular weight is 633 g/mol. The van der Waals surface area contributed by atoms with Crippen LogP contribution in [0.15, 0.2) is 83.8 Å². The Morgan fingerprint density at radius 1 is 0.955 bits per heavy atom. The Morgan fingerprint density at radius 2 is 1.57 bits per heavy atom. The third kappa shape index (κ3) is 8.29. The van der Waals surface area contributed by atoms with Crippen molar-refractivity contribution < 1.29 is 35.9 Å². The summed E-state index contributed by atoms with van der Waals surface area (Å²) in [6, 6.07) is 17.9. The van der Waals surface area contributed by atoms with Crippen molar-refractivity contribution in [3.8, 4) is 11.5 Å². The summed E-state index contributed by atoms with van der Waals surface area (Å²) in [7, 11) is -4.23. The van der Waals surface area contributed by atoms with Gasteiger partial charge in [-0.3, -0.25) is 19.2 Å². The van der Waals surface area contributed by atoms with Gasteiger partial charge in [0, 0.05) is 12.2 Å². The molecule has 1 aliphatic heterocycles. The van der Waals surface area contributed by atoms with Gasteiger partial charge in [0.15, 0.2) is 5.75 Å². The molecule has 1 saturated heterocycles. The fourth-order valence-corrected chi connectivity index (χ4v) is 6.01. The predicted octanol–water partition coefficient (Wildman–Crippen LogP) is 5.32. The first-order chi connectivity index (χ1) is 20.9. The molecule has 0 aromatic heterocycles. The van der Waals surface area contributed by atoms with E-state index in [9.17, 15) is 31.2 Å². The van der Waals surface area contributed by atoms with Crippen molar-refractivity contribution in [3.63, 3.8) is 0 Å². The number of alkyl halides is 3. The van der Waals surface area contributed by atoms with Crippen LogP contribution in [0.2, 0.25) is 0 Å². The zero-order valence-electron chi connectivity index (χ0n) is 24.3. The van der Waals surface area contributed by atoms with E-state index in [4.69, 9.17) is 4.74 Å². The third-order valence-corrected chi connectivity index (χ3v) is 8.57. The van der Waals surface area contributed by atoms with Gasteiger partial charge in [-0.2, -0.15) is 13.2 Å². The fourth-order valence-electron chi connectivity index (χ4n) is 4.94. The number of amides is 2. The number of benzene rings is 3. The van der Waals surface area contributed by atoms with Crippen LogP contribution in [0.25, 0.3) is 0 Å². The summed E-state index contributed by atoms with van der Waals surface area (Å²) in [5.41, 5.74) is -0.130. The van der Waals surface area contributed by atoms with Gasteiger partial charge in [-0.25, -0.2) is 8.42 Å². The number of hydrogen-bond donors (Lipinski definition) is 3. The molecule has 0 spiro atoms. The van der Waals surface area contributed by atoms with Gasteiger partial charge in [0.05, 0.1) is 10.6 Å². The zero-order chi connectivity index (χ0) is 31.9. The molecular formula is C31H35F3N4O5S. The van der Waals surface area contributed by atoms with Crippen LogP contribution in [-0.4, -0.2) is 52.1 Å². The Balaban J connectivity index is 1.59. The van der Waals surface area contributed by atoms with E-state index in [2.05, 4.69) is 15.4 Å². The second kappa shape index (κ2) is 14.1. The molecule has 13 heteroatoms. The average Bonchev–Trinajstić information content (AvgIpc) is 2.99. The Morgan fingerprint density at radius 3 is 2.18 bits per heavy atom. The number of para-hydroxylation sites is 3. The van der Waals surface area contributed by atoms with Gasteiger partial charge in [0.2, 0.25) is 5.91 Å². The molecule has 1 aliphatic rings. The second-order valence-corrected chi connectivity index (χ2v) is 12.5.